The van der Waals surface area contributed by atoms with Crippen molar-refractivity contribution in [2.45, 2.75) is 25.0 Å². The first-order valence-electron chi connectivity index (χ1n) is 8.15. The van der Waals surface area contributed by atoms with Crippen LogP contribution >= 0.6 is 0 Å². The first-order chi connectivity index (χ1) is 11.6. The summed E-state index contributed by atoms with van der Waals surface area (Å²) in [4.78, 5) is 25.0. The number of carbonyl (C=O) groups is 2. The van der Waals surface area contributed by atoms with E-state index in [9.17, 15) is 9.59 Å². The number of hydrogen-bond acceptors (Lipinski definition) is 4. The highest BCUT2D eigenvalue weighted by molar-refractivity contribution is 5.87. The van der Waals surface area contributed by atoms with Gasteiger partial charge in [-0.2, -0.15) is 0 Å². The van der Waals surface area contributed by atoms with E-state index in [1.54, 1.807) is 17.0 Å². The molecule has 1 unspecified atom stereocenters. The molecule has 2 N–H and O–H groups in total. The number of carboxylic acids is 1. The van der Waals surface area contributed by atoms with Gasteiger partial charge in [-0.25, -0.2) is 9.59 Å². The first-order valence-corrected chi connectivity index (χ1v) is 8.15. The van der Waals surface area contributed by atoms with E-state index in [1.807, 2.05) is 0 Å². The normalized spacial score (nSPS) is 23.9. The molecule has 0 saturated carbocycles. The number of nitrogens with one attached hydrogen (secondary N) is 1. The Labute approximate surface area is 140 Å². The summed E-state index contributed by atoms with van der Waals surface area (Å²) in [7, 11) is 0. The highest BCUT2D eigenvalue weighted by Gasteiger charge is 2.40. The van der Waals surface area contributed by atoms with E-state index in [1.165, 1.54) is 12.1 Å². The molecule has 1 aromatic rings. The lowest BCUT2D eigenvalue weighted by atomic mass is 9.94. The first kappa shape index (κ1) is 16.7. The van der Waals surface area contributed by atoms with Crippen molar-refractivity contribution in [2.75, 3.05) is 32.9 Å². The zero-order chi connectivity index (χ0) is 17.0. The molecule has 0 aromatic heterocycles. The van der Waals surface area contributed by atoms with Gasteiger partial charge in [0.1, 0.15) is 5.60 Å². The van der Waals surface area contributed by atoms with Gasteiger partial charge in [-0.1, -0.05) is 12.1 Å². The zero-order valence-electron chi connectivity index (χ0n) is 13.5. The topological polar surface area (TPSA) is 88.1 Å². The van der Waals surface area contributed by atoms with E-state index in [0.29, 0.717) is 32.8 Å². The van der Waals surface area contributed by atoms with Crippen LogP contribution in [-0.2, 0) is 16.0 Å². The van der Waals surface area contributed by atoms with Crippen LogP contribution in [0.1, 0.15) is 28.8 Å². The molecule has 1 atom stereocenters. The van der Waals surface area contributed by atoms with Crippen LogP contribution < -0.4 is 5.32 Å². The van der Waals surface area contributed by atoms with Crippen molar-refractivity contribution in [3.63, 3.8) is 0 Å². The van der Waals surface area contributed by atoms with Crippen LogP contribution in [0, 0.1) is 0 Å². The zero-order valence-corrected chi connectivity index (χ0v) is 13.5. The molecule has 3 rings (SSSR count). The summed E-state index contributed by atoms with van der Waals surface area (Å²) >= 11 is 0. The van der Waals surface area contributed by atoms with Gasteiger partial charge >= 0.3 is 12.0 Å². The lowest BCUT2D eigenvalue weighted by Gasteiger charge is -2.44. The molecule has 2 saturated heterocycles. The third-order valence-electron chi connectivity index (χ3n) is 4.47. The second-order valence-corrected chi connectivity index (χ2v) is 6.27. The second-order valence-electron chi connectivity index (χ2n) is 6.27. The lowest BCUT2D eigenvalue weighted by molar-refractivity contribution is -0.160. The number of hydrogen-bond donors (Lipinski definition) is 2. The largest absolute Gasteiger partial charge is 0.478 e. The molecule has 2 amide bonds. The van der Waals surface area contributed by atoms with Gasteiger partial charge < -0.3 is 24.8 Å². The number of ether oxygens (including phenoxy) is 2. The molecule has 2 fully saturated rings. The van der Waals surface area contributed by atoms with Crippen molar-refractivity contribution in [1.82, 2.24) is 10.2 Å². The predicted octanol–water partition coefficient (Wildman–Crippen LogP) is 1.48. The van der Waals surface area contributed by atoms with Gasteiger partial charge in [-0.3, -0.25) is 0 Å². The second kappa shape index (κ2) is 7.19. The van der Waals surface area contributed by atoms with Gasteiger partial charge in [-0.05, 0) is 30.5 Å². The molecule has 2 heterocycles. The summed E-state index contributed by atoms with van der Waals surface area (Å²) < 4.78 is 11.4. The lowest BCUT2D eigenvalue weighted by Crippen LogP contribution is -2.58. The van der Waals surface area contributed by atoms with E-state index < -0.39 is 5.97 Å². The maximum absolute atomic E-state index is 12.4. The number of carbonyl (C=O) groups excluding carboxylic acids is 1. The SMILES string of the molecule is O=C(O)c1ccc(CNC(=O)N2CCOC3(CCCOC3)C2)cc1. The Morgan fingerprint density at radius 1 is 1.25 bits per heavy atom. The molecular weight excluding hydrogens is 312 g/mol. The Balaban J connectivity index is 1.53. The van der Waals surface area contributed by atoms with E-state index in [2.05, 4.69) is 5.32 Å². The maximum Gasteiger partial charge on any atom is 0.335 e. The van der Waals surface area contributed by atoms with Crippen LogP contribution in [0.2, 0.25) is 0 Å². The van der Waals surface area contributed by atoms with Crippen molar-refractivity contribution in [2.24, 2.45) is 0 Å². The minimum Gasteiger partial charge on any atom is -0.478 e. The van der Waals surface area contributed by atoms with Crippen molar-refractivity contribution in [3.05, 3.63) is 35.4 Å². The van der Waals surface area contributed by atoms with Crippen molar-refractivity contribution >= 4 is 12.0 Å². The summed E-state index contributed by atoms with van der Waals surface area (Å²) in [5.74, 6) is -0.959. The van der Waals surface area contributed by atoms with Crippen LogP contribution in [-0.4, -0.2) is 60.5 Å². The fraction of sp³-hybridized carbons (Fsp3) is 0.529. The van der Waals surface area contributed by atoms with E-state index in [4.69, 9.17) is 14.6 Å². The summed E-state index contributed by atoms with van der Waals surface area (Å²) in [6.07, 6.45) is 1.86. The van der Waals surface area contributed by atoms with Crippen LogP contribution in [0.25, 0.3) is 0 Å². The van der Waals surface area contributed by atoms with E-state index in [-0.39, 0.29) is 17.2 Å². The Morgan fingerprint density at radius 2 is 2.04 bits per heavy atom. The van der Waals surface area contributed by atoms with Crippen molar-refractivity contribution < 1.29 is 24.2 Å². The number of aromatic carboxylic acids is 1. The monoisotopic (exact) mass is 334 g/mol. The number of rotatable bonds is 3. The number of carboxylic acid groups (broad SMARTS) is 1. The minimum absolute atomic E-state index is 0.134. The quantitative estimate of drug-likeness (QED) is 0.874. The summed E-state index contributed by atoms with van der Waals surface area (Å²) in [5, 5.41) is 11.8. The summed E-state index contributed by atoms with van der Waals surface area (Å²) in [6.45, 7) is 3.27. The van der Waals surface area contributed by atoms with Gasteiger partial charge in [0.25, 0.3) is 0 Å². The van der Waals surface area contributed by atoms with Crippen LogP contribution in [0.5, 0.6) is 0 Å². The molecule has 0 radical (unpaired) electrons. The highest BCUT2D eigenvalue weighted by atomic mass is 16.5. The van der Waals surface area contributed by atoms with Crippen LogP contribution in [0.15, 0.2) is 24.3 Å². The smallest absolute Gasteiger partial charge is 0.335 e. The average molecular weight is 334 g/mol. The molecule has 0 bridgehead atoms. The van der Waals surface area contributed by atoms with Crippen molar-refractivity contribution in [3.8, 4) is 0 Å². The standard InChI is InChI=1S/C17H22N2O5/c20-15(21)14-4-2-13(3-5-14)10-18-16(22)19-7-9-24-17(11-19)6-1-8-23-12-17/h2-5H,1,6-12H2,(H,18,22)(H,20,21). The van der Waals surface area contributed by atoms with Gasteiger partial charge in [0.15, 0.2) is 0 Å². The third-order valence-corrected chi connectivity index (χ3v) is 4.47. The third kappa shape index (κ3) is 3.85. The van der Waals surface area contributed by atoms with Crippen LogP contribution in [0.4, 0.5) is 4.79 Å². The predicted molar refractivity (Wildman–Crippen MR) is 85.9 cm³/mol. The number of nitrogens with zero attached hydrogens (tertiary/aromatic N) is 1. The molecule has 130 valence electrons. The maximum atomic E-state index is 12.4. The van der Waals surface area contributed by atoms with Gasteiger partial charge in [0, 0.05) is 19.7 Å². The molecule has 2 aliphatic rings. The minimum atomic E-state index is -0.959. The van der Waals surface area contributed by atoms with E-state index in [0.717, 1.165) is 25.0 Å². The molecule has 1 aromatic carbocycles. The molecule has 1 spiro atoms. The molecule has 7 heteroatoms. The fourth-order valence-corrected chi connectivity index (χ4v) is 3.14. The number of morpholine rings is 1. The number of amides is 2. The van der Waals surface area contributed by atoms with Gasteiger partial charge in [-0.15, -0.1) is 0 Å². The van der Waals surface area contributed by atoms with Crippen LogP contribution in [0.3, 0.4) is 0 Å². The fourth-order valence-electron chi connectivity index (χ4n) is 3.14. The Bertz CT molecular complexity index is 590. The van der Waals surface area contributed by atoms with Crippen molar-refractivity contribution in [1.29, 1.82) is 0 Å². The molecular formula is C17H22N2O5. The van der Waals surface area contributed by atoms with Gasteiger partial charge in [0.2, 0.25) is 0 Å². The molecule has 2 aliphatic heterocycles. The highest BCUT2D eigenvalue weighted by Crippen LogP contribution is 2.27. The Hall–Kier alpha value is -2.12. The molecule has 24 heavy (non-hydrogen) atoms. The molecule has 7 nitrogen and oxygen atoms in total. The molecule has 0 aliphatic carbocycles. The summed E-state index contributed by atoms with van der Waals surface area (Å²) in [5.41, 5.74) is 0.728. The number of urea groups is 1. The Morgan fingerprint density at radius 3 is 2.71 bits per heavy atom. The van der Waals surface area contributed by atoms with Gasteiger partial charge in [0.05, 0.1) is 25.3 Å². The van der Waals surface area contributed by atoms with E-state index >= 15 is 0 Å². The Kier molecular flexibility index (Phi) is 5.01. The average Bonchev–Trinajstić information content (AvgIpc) is 2.60. The summed E-state index contributed by atoms with van der Waals surface area (Å²) in [6, 6.07) is 6.35. The number of benzene rings is 1.